The zero-order valence-electron chi connectivity index (χ0n) is 24.8. The van der Waals surface area contributed by atoms with Gasteiger partial charge < -0.3 is 30.5 Å². The van der Waals surface area contributed by atoms with Crippen LogP contribution in [-0.4, -0.2) is 60.5 Å². The third kappa shape index (κ3) is 6.34. The maximum Gasteiger partial charge on any atom is 0.506 e. The number of benzene rings is 3. The summed E-state index contributed by atoms with van der Waals surface area (Å²) in [5.41, 5.74) is 7.43. The highest BCUT2D eigenvalue weighted by Crippen LogP contribution is 2.41. The molecule has 0 unspecified atom stereocenters. The predicted octanol–water partition coefficient (Wildman–Crippen LogP) is 5.85. The smallest absolute Gasteiger partial charge is 0.495 e. The molecule has 236 valence electrons. The number of likely N-dealkylation sites (tertiary alicyclic amines) is 1. The first-order valence-electron chi connectivity index (χ1n) is 14.2. The van der Waals surface area contributed by atoms with Gasteiger partial charge in [-0.15, -0.1) is 0 Å². The van der Waals surface area contributed by atoms with Gasteiger partial charge in [0.1, 0.15) is 23.7 Å². The first-order valence-corrected chi connectivity index (χ1v) is 16.1. The summed E-state index contributed by atoms with van der Waals surface area (Å²) >= 11 is 6.32. The molecule has 0 aliphatic carbocycles. The first-order chi connectivity index (χ1) is 21.4. The van der Waals surface area contributed by atoms with Crippen LogP contribution in [0.5, 0.6) is 5.75 Å². The molecular weight excluding hydrogens is 620 g/mol. The number of nitrogens with two attached hydrogens (primary N) is 1. The number of sulfone groups is 1. The van der Waals surface area contributed by atoms with Crippen LogP contribution in [-0.2, 0) is 19.4 Å². The van der Waals surface area contributed by atoms with Gasteiger partial charge in [-0.05, 0) is 72.8 Å². The highest BCUT2D eigenvalue weighted by atomic mass is 35.5. The second kappa shape index (κ2) is 12.8. The predicted molar refractivity (Wildman–Crippen MR) is 171 cm³/mol. The fourth-order valence-electron chi connectivity index (χ4n) is 5.64. The molecule has 0 spiro atoms. The summed E-state index contributed by atoms with van der Waals surface area (Å²) in [7, 11) is -2.34. The van der Waals surface area contributed by atoms with E-state index in [1.807, 2.05) is 6.07 Å². The molecule has 1 aliphatic rings. The SMILES string of the molecule is COc1cc([C@@H](Nc2ccc3c(N)nccc3c2)C(=O)N2CC[C@H](OC(=O)O)[C@H]2c2ccccc2S(=O)(=O)C(C)C)ccc1Cl. The van der Waals surface area contributed by atoms with Crippen molar-refractivity contribution >= 4 is 55.8 Å². The van der Waals surface area contributed by atoms with Gasteiger partial charge in [-0.3, -0.25) is 4.79 Å². The number of anilines is 2. The number of aromatic nitrogens is 1. The summed E-state index contributed by atoms with van der Waals surface area (Å²) in [5, 5.41) is 14.0. The summed E-state index contributed by atoms with van der Waals surface area (Å²) in [6, 6.07) is 16.5. The van der Waals surface area contributed by atoms with E-state index in [9.17, 15) is 23.1 Å². The number of fused-ring (bicyclic) bond motifs is 1. The van der Waals surface area contributed by atoms with Crippen molar-refractivity contribution < 1.29 is 32.6 Å². The van der Waals surface area contributed by atoms with Crippen molar-refractivity contribution in [3.63, 3.8) is 0 Å². The van der Waals surface area contributed by atoms with Crippen molar-refractivity contribution in [1.82, 2.24) is 9.88 Å². The number of nitrogens with one attached hydrogen (secondary N) is 1. The monoisotopic (exact) mass is 652 g/mol. The van der Waals surface area contributed by atoms with E-state index in [0.717, 1.165) is 10.8 Å². The number of hydrogen-bond acceptors (Lipinski definition) is 9. The van der Waals surface area contributed by atoms with Crippen LogP contribution >= 0.6 is 11.6 Å². The van der Waals surface area contributed by atoms with Gasteiger partial charge in [0.15, 0.2) is 9.84 Å². The minimum absolute atomic E-state index is 0.0158. The maximum absolute atomic E-state index is 14.7. The maximum atomic E-state index is 14.7. The molecule has 4 aromatic rings. The fraction of sp³-hybridized carbons (Fsp3) is 0.281. The highest BCUT2D eigenvalue weighted by Gasteiger charge is 2.45. The van der Waals surface area contributed by atoms with Crippen LogP contribution in [0.4, 0.5) is 16.3 Å². The summed E-state index contributed by atoms with van der Waals surface area (Å²) in [5.74, 6) is 0.282. The Morgan fingerprint density at radius 1 is 1.11 bits per heavy atom. The Morgan fingerprint density at radius 2 is 1.87 bits per heavy atom. The second-order valence-electron chi connectivity index (χ2n) is 10.9. The summed E-state index contributed by atoms with van der Waals surface area (Å²) < 4.78 is 37.6. The molecule has 0 bridgehead atoms. The van der Waals surface area contributed by atoms with Gasteiger partial charge in [0.2, 0.25) is 5.91 Å². The number of halogens is 1. The number of hydrogen-bond donors (Lipinski definition) is 3. The Hall–Kier alpha value is -4.55. The zero-order chi connectivity index (χ0) is 32.5. The van der Waals surface area contributed by atoms with Crippen LogP contribution < -0.4 is 15.8 Å². The van der Waals surface area contributed by atoms with Gasteiger partial charge in [-0.1, -0.05) is 35.9 Å². The van der Waals surface area contributed by atoms with Crippen LogP contribution in [0.2, 0.25) is 5.02 Å². The Labute approximate surface area is 265 Å². The average molecular weight is 653 g/mol. The molecule has 4 N–H and O–H groups in total. The molecule has 3 atom stereocenters. The number of nitrogens with zero attached hydrogens (tertiary/aromatic N) is 2. The second-order valence-corrected chi connectivity index (χ2v) is 13.8. The lowest BCUT2D eigenvalue weighted by atomic mass is 9.99. The van der Waals surface area contributed by atoms with E-state index >= 15 is 0 Å². The lowest BCUT2D eigenvalue weighted by Crippen LogP contribution is -2.40. The lowest BCUT2D eigenvalue weighted by molar-refractivity contribution is -0.134. The molecular formula is C32H33ClN4O7S. The molecule has 1 aromatic heterocycles. The van der Waals surface area contributed by atoms with Gasteiger partial charge in [0, 0.05) is 30.2 Å². The summed E-state index contributed by atoms with van der Waals surface area (Å²) in [6.45, 7) is 3.24. The topological polar surface area (TPSA) is 161 Å². The third-order valence-electron chi connectivity index (χ3n) is 7.90. The van der Waals surface area contributed by atoms with E-state index in [1.54, 1.807) is 74.6 Å². The van der Waals surface area contributed by atoms with Crippen molar-refractivity contribution in [1.29, 1.82) is 0 Å². The number of carboxylic acid groups (broad SMARTS) is 1. The Morgan fingerprint density at radius 3 is 2.58 bits per heavy atom. The molecule has 0 radical (unpaired) electrons. The van der Waals surface area contributed by atoms with Gasteiger partial charge in [-0.25, -0.2) is 18.2 Å². The number of carbonyl (C=O) groups is 2. The van der Waals surface area contributed by atoms with E-state index in [0.29, 0.717) is 27.8 Å². The molecule has 5 rings (SSSR count). The Balaban J connectivity index is 1.63. The standard InChI is InChI=1S/C32H33ClN4O7S/c1-18(2)45(41,42)27-7-5-4-6-23(27)29-25(44-32(39)40)13-15-37(29)31(38)28(20-8-11-24(33)26(17-20)43-3)36-21-9-10-22-19(16-21)12-14-35-30(22)34/h4-12,14,16-18,25,28-29,36H,13,15H2,1-3H3,(H2,34,35)(H,39,40)/t25-,28+,29+/m0/s1. The molecule has 11 nitrogen and oxygen atoms in total. The number of rotatable bonds is 9. The van der Waals surface area contributed by atoms with Crippen molar-refractivity contribution in [2.45, 2.75) is 48.6 Å². The molecule has 2 heterocycles. The molecule has 1 saturated heterocycles. The quantitative estimate of drug-likeness (QED) is 0.187. The number of ether oxygens (including phenoxy) is 2. The van der Waals surface area contributed by atoms with E-state index in [-0.39, 0.29) is 23.4 Å². The van der Waals surface area contributed by atoms with Gasteiger partial charge in [-0.2, -0.15) is 0 Å². The van der Waals surface area contributed by atoms with E-state index in [2.05, 4.69) is 10.3 Å². The normalized spacial score (nSPS) is 17.3. The summed E-state index contributed by atoms with van der Waals surface area (Å²) in [4.78, 5) is 32.0. The van der Waals surface area contributed by atoms with Gasteiger partial charge >= 0.3 is 6.16 Å². The molecule has 1 fully saturated rings. The van der Waals surface area contributed by atoms with Crippen LogP contribution in [0.15, 0.2) is 77.8 Å². The third-order valence-corrected chi connectivity index (χ3v) is 10.4. The van der Waals surface area contributed by atoms with E-state index in [1.165, 1.54) is 18.1 Å². The van der Waals surface area contributed by atoms with Crippen molar-refractivity contribution in [2.75, 3.05) is 24.7 Å². The number of pyridine rings is 1. The highest BCUT2D eigenvalue weighted by molar-refractivity contribution is 7.92. The minimum Gasteiger partial charge on any atom is -0.495 e. The largest absolute Gasteiger partial charge is 0.506 e. The average Bonchev–Trinajstić information content (AvgIpc) is 3.42. The molecule has 1 aliphatic heterocycles. The van der Waals surface area contributed by atoms with E-state index < -0.39 is 45.3 Å². The number of methoxy groups -OCH3 is 1. The molecule has 45 heavy (non-hydrogen) atoms. The summed E-state index contributed by atoms with van der Waals surface area (Å²) in [6.07, 6.45) is -0.775. The number of amides is 1. The molecule has 3 aromatic carbocycles. The van der Waals surface area contributed by atoms with Gasteiger partial charge in [0.05, 0.1) is 28.3 Å². The van der Waals surface area contributed by atoms with Crippen LogP contribution in [0.25, 0.3) is 10.8 Å². The van der Waals surface area contributed by atoms with Crippen molar-refractivity contribution in [3.8, 4) is 5.75 Å². The lowest BCUT2D eigenvalue weighted by Gasteiger charge is -2.33. The van der Waals surface area contributed by atoms with Crippen LogP contribution in [0.1, 0.15) is 43.5 Å². The van der Waals surface area contributed by atoms with Crippen LogP contribution in [0, 0.1) is 0 Å². The Bertz CT molecular complexity index is 1870. The first kappa shape index (κ1) is 31.9. The minimum atomic E-state index is -3.81. The van der Waals surface area contributed by atoms with Crippen molar-refractivity contribution in [2.24, 2.45) is 0 Å². The molecule has 13 heteroatoms. The van der Waals surface area contributed by atoms with Gasteiger partial charge in [0.25, 0.3) is 0 Å². The number of nitrogen functional groups attached to an aromatic ring is 1. The zero-order valence-corrected chi connectivity index (χ0v) is 26.4. The number of carbonyl (C=O) groups excluding carboxylic acids is 1. The Kier molecular flexibility index (Phi) is 9.08. The van der Waals surface area contributed by atoms with E-state index in [4.69, 9.17) is 26.8 Å². The van der Waals surface area contributed by atoms with Crippen LogP contribution in [0.3, 0.4) is 0 Å². The fourth-order valence-corrected chi connectivity index (χ4v) is 7.13. The molecule has 1 amide bonds. The van der Waals surface area contributed by atoms with Crippen molar-refractivity contribution in [3.05, 3.63) is 89.1 Å². The molecule has 0 saturated carbocycles.